The van der Waals surface area contributed by atoms with E-state index in [4.69, 9.17) is 10.5 Å². The van der Waals surface area contributed by atoms with Gasteiger partial charge in [0.05, 0.1) is 12.0 Å². The smallest absolute Gasteiger partial charge is 0.243 e. The molecule has 0 aliphatic carbocycles. The maximum absolute atomic E-state index is 12.6. The molecular formula is C14H22N2O3S. The third-order valence-electron chi connectivity index (χ3n) is 3.82. The quantitative estimate of drug-likeness (QED) is 0.911. The number of piperidine rings is 1. The molecule has 0 amide bonds. The molecule has 0 radical (unpaired) electrons. The van der Waals surface area contributed by atoms with E-state index in [0.29, 0.717) is 30.3 Å². The lowest BCUT2D eigenvalue weighted by Gasteiger charge is -2.31. The first-order chi connectivity index (χ1) is 9.48. The summed E-state index contributed by atoms with van der Waals surface area (Å²) >= 11 is 0. The Morgan fingerprint density at radius 3 is 2.80 bits per heavy atom. The van der Waals surface area contributed by atoms with Crippen molar-refractivity contribution in [3.05, 3.63) is 23.8 Å². The highest BCUT2D eigenvalue weighted by Crippen LogP contribution is 2.26. The molecule has 1 heterocycles. The van der Waals surface area contributed by atoms with Crippen molar-refractivity contribution in [2.75, 3.05) is 26.7 Å². The van der Waals surface area contributed by atoms with E-state index in [2.05, 4.69) is 0 Å². The molecule has 0 bridgehead atoms. The van der Waals surface area contributed by atoms with Gasteiger partial charge in [-0.05, 0) is 56.0 Å². The van der Waals surface area contributed by atoms with E-state index in [-0.39, 0.29) is 5.92 Å². The van der Waals surface area contributed by atoms with Crippen molar-refractivity contribution in [2.45, 2.75) is 24.7 Å². The average Bonchev–Trinajstić information content (AvgIpc) is 2.47. The molecule has 1 aliphatic rings. The number of methoxy groups -OCH3 is 1. The van der Waals surface area contributed by atoms with Gasteiger partial charge in [0.1, 0.15) is 5.75 Å². The van der Waals surface area contributed by atoms with Crippen LogP contribution in [0.4, 0.5) is 0 Å². The zero-order chi connectivity index (χ0) is 14.8. The van der Waals surface area contributed by atoms with Crippen LogP contribution < -0.4 is 10.5 Å². The van der Waals surface area contributed by atoms with E-state index in [9.17, 15) is 8.42 Å². The highest BCUT2D eigenvalue weighted by atomic mass is 32.2. The third kappa shape index (κ3) is 2.97. The summed E-state index contributed by atoms with van der Waals surface area (Å²) in [6, 6.07) is 4.97. The molecule has 1 atom stereocenters. The van der Waals surface area contributed by atoms with E-state index in [1.807, 2.05) is 6.92 Å². The van der Waals surface area contributed by atoms with Gasteiger partial charge < -0.3 is 10.5 Å². The first-order valence-corrected chi connectivity index (χ1v) is 8.28. The van der Waals surface area contributed by atoms with Crippen LogP contribution >= 0.6 is 0 Å². The van der Waals surface area contributed by atoms with Crippen molar-refractivity contribution >= 4 is 10.0 Å². The standard InChI is InChI=1S/C14H22N2O3S/c1-11-8-13(5-6-14(11)19-2)20(17,18)16-7-3-4-12(9-15)10-16/h5-6,8,12H,3-4,7,9-10,15H2,1-2H3. The van der Waals surface area contributed by atoms with Crippen molar-refractivity contribution in [1.82, 2.24) is 4.31 Å². The van der Waals surface area contributed by atoms with Crippen molar-refractivity contribution in [2.24, 2.45) is 11.7 Å². The number of nitrogens with two attached hydrogens (primary N) is 1. The molecule has 112 valence electrons. The third-order valence-corrected chi connectivity index (χ3v) is 5.68. The molecule has 0 saturated carbocycles. The van der Waals surface area contributed by atoms with Crippen molar-refractivity contribution < 1.29 is 13.2 Å². The summed E-state index contributed by atoms with van der Waals surface area (Å²) in [7, 11) is -1.85. The number of hydrogen-bond donors (Lipinski definition) is 1. The van der Waals surface area contributed by atoms with Crippen LogP contribution in [0.2, 0.25) is 0 Å². The minimum absolute atomic E-state index is 0.262. The fourth-order valence-electron chi connectivity index (χ4n) is 2.60. The van der Waals surface area contributed by atoms with Gasteiger partial charge in [0.2, 0.25) is 10.0 Å². The molecule has 6 heteroatoms. The molecule has 20 heavy (non-hydrogen) atoms. The molecule has 1 saturated heterocycles. The van der Waals surface area contributed by atoms with Gasteiger partial charge in [0, 0.05) is 13.1 Å². The monoisotopic (exact) mass is 298 g/mol. The average molecular weight is 298 g/mol. The van der Waals surface area contributed by atoms with Crippen molar-refractivity contribution in [3.63, 3.8) is 0 Å². The number of hydrogen-bond acceptors (Lipinski definition) is 4. The van der Waals surface area contributed by atoms with Gasteiger partial charge in [-0.2, -0.15) is 4.31 Å². The van der Waals surface area contributed by atoms with Crippen LogP contribution in [0.25, 0.3) is 0 Å². The fourth-order valence-corrected chi connectivity index (χ4v) is 4.24. The Morgan fingerprint density at radius 2 is 2.20 bits per heavy atom. The molecule has 0 aromatic heterocycles. The molecule has 2 N–H and O–H groups in total. The highest BCUT2D eigenvalue weighted by Gasteiger charge is 2.29. The first kappa shape index (κ1) is 15.3. The maximum atomic E-state index is 12.6. The Balaban J connectivity index is 2.28. The molecule has 1 unspecified atom stereocenters. The summed E-state index contributed by atoms with van der Waals surface area (Å²) in [5.41, 5.74) is 6.49. The Kier molecular flexibility index (Phi) is 4.67. The molecule has 1 aromatic rings. The van der Waals surface area contributed by atoms with E-state index in [1.165, 1.54) is 0 Å². The Labute approximate surface area is 120 Å². The van der Waals surface area contributed by atoms with Crippen LogP contribution in [-0.4, -0.2) is 39.5 Å². The van der Waals surface area contributed by atoms with Crippen LogP contribution in [0.1, 0.15) is 18.4 Å². The maximum Gasteiger partial charge on any atom is 0.243 e. The van der Waals surface area contributed by atoms with Crippen LogP contribution in [0, 0.1) is 12.8 Å². The van der Waals surface area contributed by atoms with Gasteiger partial charge in [0.15, 0.2) is 0 Å². The summed E-state index contributed by atoms with van der Waals surface area (Å²) in [6.45, 7) is 3.47. The summed E-state index contributed by atoms with van der Waals surface area (Å²) in [4.78, 5) is 0.327. The lowest BCUT2D eigenvalue weighted by atomic mass is 10.0. The summed E-state index contributed by atoms with van der Waals surface area (Å²) in [5.74, 6) is 0.959. The number of aryl methyl sites for hydroxylation is 1. The number of sulfonamides is 1. The van der Waals surface area contributed by atoms with Crippen LogP contribution in [0.15, 0.2) is 23.1 Å². The Bertz CT molecular complexity index is 572. The lowest BCUT2D eigenvalue weighted by molar-refractivity contribution is 0.271. The van der Waals surface area contributed by atoms with E-state index in [1.54, 1.807) is 29.6 Å². The molecule has 1 aliphatic heterocycles. The molecule has 1 aromatic carbocycles. The topological polar surface area (TPSA) is 72.6 Å². The van der Waals surface area contributed by atoms with Gasteiger partial charge >= 0.3 is 0 Å². The summed E-state index contributed by atoms with van der Waals surface area (Å²) < 4.78 is 32.0. The molecular weight excluding hydrogens is 276 g/mol. The fraction of sp³-hybridized carbons (Fsp3) is 0.571. The second-order valence-corrected chi connectivity index (χ2v) is 7.18. The van der Waals surface area contributed by atoms with Gasteiger partial charge in [-0.1, -0.05) is 0 Å². The predicted molar refractivity (Wildman–Crippen MR) is 78.3 cm³/mol. The predicted octanol–water partition coefficient (Wildman–Crippen LogP) is 1.36. The Morgan fingerprint density at radius 1 is 1.45 bits per heavy atom. The molecule has 5 nitrogen and oxygen atoms in total. The SMILES string of the molecule is COc1ccc(S(=O)(=O)N2CCCC(CN)C2)cc1C. The largest absolute Gasteiger partial charge is 0.496 e. The molecule has 0 spiro atoms. The van der Waals surface area contributed by atoms with Crippen molar-refractivity contribution in [1.29, 1.82) is 0 Å². The lowest BCUT2D eigenvalue weighted by Crippen LogP contribution is -2.41. The van der Waals surface area contributed by atoms with Gasteiger partial charge in [-0.3, -0.25) is 0 Å². The first-order valence-electron chi connectivity index (χ1n) is 6.84. The highest BCUT2D eigenvalue weighted by molar-refractivity contribution is 7.89. The van der Waals surface area contributed by atoms with Gasteiger partial charge in [-0.15, -0.1) is 0 Å². The minimum atomic E-state index is -3.43. The van der Waals surface area contributed by atoms with E-state index >= 15 is 0 Å². The summed E-state index contributed by atoms with van der Waals surface area (Å²) in [5, 5.41) is 0. The van der Waals surface area contributed by atoms with Crippen molar-refractivity contribution in [3.8, 4) is 5.75 Å². The molecule has 2 rings (SSSR count). The zero-order valence-corrected chi connectivity index (χ0v) is 12.8. The number of benzene rings is 1. The number of ether oxygens (including phenoxy) is 1. The van der Waals surface area contributed by atoms with Crippen LogP contribution in [0.5, 0.6) is 5.75 Å². The van der Waals surface area contributed by atoms with Gasteiger partial charge in [0.25, 0.3) is 0 Å². The van der Waals surface area contributed by atoms with E-state index < -0.39 is 10.0 Å². The summed E-state index contributed by atoms with van der Waals surface area (Å²) in [6.07, 6.45) is 1.88. The van der Waals surface area contributed by atoms with Gasteiger partial charge in [-0.25, -0.2) is 8.42 Å². The molecule has 1 fully saturated rings. The second-order valence-electron chi connectivity index (χ2n) is 5.24. The van der Waals surface area contributed by atoms with Crippen LogP contribution in [0.3, 0.4) is 0 Å². The normalized spacial score (nSPS) is 20.9. The number of rotatable bonds is 4. The number of nitrogens with zero attached hydrogens (tertiary/aromatic N) is 1. The van der Waals surface area contributed by atoms with E-state index in [0.717, 1.165) is 18.4 Å². The zero-order valence-electron chi connectivity index (χ0n) is 12.0. The minimum Gasteiger partial charge on any atom is -0.496 e. The Hall–Kier alpha value is -1.11. The van der Waals surface area contributed by atoms with Crippen LogP contribution in [-0.2, 0) is 10.0 Å². The second kappa shape index (κ2) is 6.11.